The molecule has 0 amide bonds. The van der Waals surface area contributed by atoms with Gasteiger partial charge in [0.25, 0.3) is 0 Å². The third-order valence-electron chi connectivity index (χ3n) is 5.95. The van der Waals surface area contributed by atoms with Gasteiger partial charge in [-0.3, -0.25) is 0 Å². The van der Waals surface area contributed by atoms with Crippen LogP contribution < -0.4 is 0 Å². The fraction of sp³-hybridized carbons (Fsp3) is 0.684. The van der Waals surface area contributed by atoms with Crippen LogP contribution in [0.4, 0.5) is 0 Å². The number of benzene rings is 1. The van der Waals surface area contributed by atoms with E-state index in [1.807, 2.05) is 0 Å². The number of nitrogens with zero attached hydrogens (tertiary/aromatic N) is 1. The van der Waals surface area contributed by atoms with Crippen molar-refractivity contribution in [2.24, 2.45) is 0 Å². The molecular weight excluding hydrogens is 258 g/mol. The first-order chi connectivity index (χ1) is 10.1. The highest BCUT2D eigenvalue weighted by atomic mass is 16.3. The Bertz CT molecular complexity index is 455. The SMILES string of the molecule is CN(C)C1(C(O)c2ccc(C3CCC3)cc2)CCCCC1. The highest BCUT2D eigenvalue weighted by Crippen LogP contribution is 2.42. The van der Waals surface area contributed by atoms with Crippen molar-refractivity contribution < 1.29 is 5.11 Å². The molecule has 116 valence electrons. The van der Waals surface area contributed by atoms with Crippen LogP contribution in [0.25, 0.3) is 0 Å². The standard InChI is InChI=1S/C19H29NO/c1-20(2)19(13-4-3-5-14-19)18(21)17-11-9-16(10-12-17)15-7-6-8-15/h9-12,15,18,21H,3-8,13-14H2,1-2H3. The number of rotatable bonds is 4. The Balaban J connectivity index is 1.80. The Kier molecular flexibility index (Phi) is 4.37. The predicted octanol–water partition coefficient (Wildman–Crippen LogP) is 4.25. The van der Waals surface area contributed by atoms with E-state index in [1.54, 1.807) is 0 Å². The molecule has 2 saturated carbocycles. The summed E-state index contributed by atoms with van der Waals surface area (Å²) in [5, 5.41) is 11.0. The van der Waals surface area contributed by atoms with Gasteiger partial charge >= 0.3 is 0 Å². The summed E-state index contributed by atoms with van der Waals surface area (Å²) < 4.78 is 0. The van der Waals surface area contributed by atoms with Crippen molar-refractivity contribution in [1.29, 1.82) is 0 Å². The molecule has 0 heterocycles. The van der Waals surface area contributed by atoms with Crippen LogP contribution >= 0.6 is 0 Å². The second kappa shape index (κ2) is 6.10. The van der Waals surface area contributed by atoms with Gasteiger partial charge in [-0.2, -0.15) is 0 Å². The molecule has 3 rings (SSSR count). The van der Waals surface area contributed by atoms with Gasteiger partial charge in [-0.05, 0) is 56.8 Å². The monoisotopic (exact) mass is 287 g/mol. The van der Waals surface area contributed by atoms with Crippen molar-refractivity contribution in [2.75, 3.05) is 14.1 Å². The molecule has 0 bridgehead atoms. The van der Waals surface area contributed by atoms with Gasteiger partial charge in [0.2, 0.25) is 0 Å². The van der Waals surface area contributed by atoms with Crippen LogP contribution in [-0.2, 0) is 0 Å². The van der Waals surface area contributed by atoms with Gasteiger partial charge in [0, 0.05) is 0 Å². The normalized spacial score (nSPS) is 23.8. The summed E-state index contributed by atoms with van der Waals surface area (Å²) in [6.45, 7) is 0. The maximum Gasteiger partial charge on any atom is 0.0973 e. The van der Waals surface area contributed by atoms with Gasteiger partial charge in [-0.25, -0.2) is 0 Å². The quantitative estimate of drug-likeness (QED) is 0.894. The summed E-state index contributed by atoms with van der Waals surface area (Å²) >= 11 is 0. The molecule has 21 heavy (non-hydrogen) atoms. The lowest BCUT2D eigenvalue weighted by atomic mass is 9.74. The average molecular weight is 287 g/mol. The molecule has 1 unspecified atom stereocenters. The largest absolute Gasteiger partial charge is 0.386 e. The molecule has 0 saturated heterocycles. The molecule has 0 aromatic heterocycles. The minimum atomic E-state index is -0.372. The lowest BCUT2D eigenvalue weighted by Crippen LogP contribution is -2.50. The van der Waals surface area contributed by atoms with Crippen molar-refractivity contribution in [3.8, 4) is 0 Å². The fourth-order valence-corrected chi connectivity index (χ4v) is 4.13. The first-order valence-electron chi connectivity index (χ1n) is 8.59. The predicted molar refractivity (Wildman–Crippen MR) is 87.5 cm³/mol. The number of aliphatic hydroxyl groups is 1. The molecule has 1 atom stereocenters. The van der Waals surface area contributed by atoms with E-state index in [9.17, 15) is 5.11 Å². The summed E-state index contributed by atoms with van der Waals surface area (Å²) in [5.41, 5.74) is 2.48. The van der Waals surface area contributed by atoms with Crippen LogP contribution in [0.2, 0.25) is 0 Å². The summed E-state index contributed by atoms with van der Waals surface area (Å²) in [6.07, 6.45) is 9.65. The Morgan fingerprint density at radius 3 is 2.10 bits per heavy atom. The molecule has 1 N–H and O–H groups in total. The maximum atomic E-state index is 11.0. The smallest absolute Gasteiger partial charge is 0.0973 e. The van der Waals surface area contributed by atoms with Gasteiger partial charge in [0.1, 0.15) is 0 Å². The lowest BCUT2D eigenvalue weighted by Gasteiger charge is -2.46. The molecule has 0 spiro atoms. The minimum Gasteiger partial charge on any atom is -0.386 e. The third-order valence-corrected chi connectivity index (χ3v) is 5.95. The number of likely N-dealkylation sites (N-methyl/N-ethyl adjacent to an activating group) is 1. The first kappa shape index (κ1) is 15.1. The zero-order valence-electron chi connectivity index (χ0n) is 13.5. The fourth-order valence-electron chi connectivity index (χ4n) is 4.13. The molecule has 0 radical (unpaired) electrons. The van der Waals surface area contributed by atoms with Crippen LogP contribution in [0.1, 0.15) is 74.5 Å². The van der Waals surface area contributed by atoms with E-state index in [-0.39, 0.29) is 11.6 Å². The lowest BCUT2D eigenvalue weighted by molar-refractivity contribution is -0.0336. The maximum absolute atomic E-state index is 11.0. The van der Waals surface area contributed by atoms with Crippen LogP contribution in [-0.4, -0.2) is 29.6 Å². The van der Waals surface area contributed by atoms with E-state index >= 15 is 0 Å². The number of aliphatic hydroxyl groups excluding tert-OH is 1. The highest BCUT2D eigenvalue weighted by molar-refractivity contribution is 5.29. The van der Waals surface area contributed by atoms with E-state index in [4.69, 9.17) is 0 Å². The van der Waals surface area contributed by atoms with Gasteiger partial charge in [-0.1, -0.05) is 49.9 Å². The van der Waals surface area contributed by atoms with Crippen molar-refractivity contribution in [1.82, 2.24) is 4.90 Å². The van der Waals surface area contributed by atoms with Crippen LogP contribution in [0.15, 0.2) is 24.3 Å². The van der Waals surface area contributed by atoms with E-state index in [0.29, 0.717) is 0 Å². The second-order valence-corrected chi connectivity index (χ2v) is 7.26. The van der Waals surface area contributed by atoms with Gasteiger partial charge in [0.15, 0.2) is 0 Å². The summed E-state index contributed by atoms with van der Waals surface area (Å²) in [7, 11) is 4.24. The Labute approximate surface area is 129 Å². The number of hydrogen-bond acceptors (Lipinski definition) is 2. The van der Waals surface area contributed by atoms with E-state index in [0.717, 1.165) is 24.3 Å². The molecule has 0 aliphatic heterocycles. The zero-order chi connectivity index (χ0) is 14.9. The van der Waals surface area contributed by atoms with Gasteiger partial charge in [-0.15, -0.1) is 0 Å². The minimum absolute atomic E-state index is 0.0732. The topological polar surface area (TPSA) is 23.5 Å². The second-order valence-electron chi connectivity index (χ2n) is 7.26. The van der Waals surface area contributed by atoms with E-state index in [2.05, 4.69) is 43.3 Å². The summed E-state index contributed by atoms with van der Waals surface area (Å²) in [6, 6.07) is 8.82. The van der Waals surface area contributed by atoms with Crippen molar-refractivity contribution >= 4 is 0 Å². The Morgan fingerprint density at radius 2 is 1.62 bits per heavy atom. The molecule has 2 fully saturated rings. The molecular formula is C19H29NO. The first-order valence-corrected chi connectivity index (χ1v) is 8.59. The van der Waals surface area contributed by atoms with Crippen LogP contribution in [0.3, 0.4) is 0 Å². The zero-order valence-corrected chi connectivity index (χ0v) is 13.5. The van der Waals surface area contributed by atoms with Gasteiger partial charge < -0.3 is 10.0 Å². The summed E-state index contributed by atoms with van der Waals surface area (Å²) in [4.78, 5) is 2.26. The molecule has 1 aromatic carbocycles. The Morgan fingerprint density at radius 1 is 1.00 bits per heavy atom. The van der Waals surface area contributed by atoms with Crippen molar-refractivity contribution in [2.45, 2.75) is 68.9 Å². The Hall–Kier alpha value is -0.860. The molecule has 1 aromatic rings. The molecule has 2 heteroatoms. The molecule has 2 aliphatic carbocycles. The van der Waals surface area contributed by atoms with Crippen molar-refractivity contribution in [3.05, 3.63) is 35.4 Å². The highest BCUT2D eigenvalue weighted by Gasteiger charge is 2.41. The van der Waals surface area contributed by atoms with E-state index in [1.165, 1.54) is 44.1 Å². The van der Waals surface area contributed by atoms with Crippen LogP contribution in [0, 0.1) is 0 Å². The van der Waals surface area contributed by atoms with Crippen molar-refractivity contribution in [3.63, 3.8) is 0 Å². The molecule has 2 nitrogen and oxygen atoms in total. The molecule has 2 aliphatic rings. The third kappa shape index (κ3) is 2.76. The van der Waals surface area contributed by atoms with Crippen LogP contribution in [0.5, 0.6) is 0 Å². The number of hydrogen-bond donors (Lipinski definition) is 1. The average Bonchev–Trinajstić information content (AvgIpc) is 2.46. The van der Waals surface area contributed by atoms with Gasteiger partial charge in [0.05, 0.1) is 11.6 Å². The van der Waals surface area contributed by atoms with E-state index < -0.39 is 0 Å². The summed E-state index contributed by atoms with van der Waals surface area (Å²) in [5.74, 6) is 0.772.